The van der Waals surface area contributed by atoms with E-state index in [4.69, 9.17) is 18.0 Å². The zero-order valence-corrected chi connectivity index (χ0v) is 11.5. The molecule has 1 aromatic heterocycles. The first-order valence-corrected chi connectivity index (χ1v) is 6.00. The zero-order chi connectivity index (χ0) is 13.7. The lowest BCUT2D eigenvalue weighted by Gasteiger charge is -2.21. The van der Waals surface area contributed by atoms with Gasteiger partial charge in [0.05, 0.1) is 0 Å². The SMILES string of the molecule is CCN(C)C(=O)C(C)Nc1nccnc1C(N)=S. The van der Waals surface area contributed by atoms with Crippen LogP contribution in [0, 0.1) is 0 Å². The van der Waals surface area contributed by atoms with E-state index in [2.05, 4.69) is 15.3 Å². The quantitative estimate of drug-likeness (QED) is 0.751. The van der Waals surface area contributed by atoms with Gasteiger partial charge in [0, 0.05) is 26.0 Å². The summed E-state index contributed by atoms with van der Waals surface area (Å²) in [5, 5.41) is 2.97. The summed E-state index contributed by atoms with van der Waals surface area (Å²) in [5.74, 6) is 0.396. The number of likely N-dealkylation sites (N-methyl/N-ethyl adjacent to an activating group) is 1. The van der Waals surface area contributed by atoms with Crippen molar-refractivity contribution in [2.45, 2.75) is 19.9 Å². The second-order valence-corrected chi connectivity index (χ2v) is 4.28. The van der Waals surface area contributed by atoms with Crippen molar-refractivity contribution in [3.8, 4) is 0 Å². The summed E-state index contributed by atoms with van der Waals surface area (Å²) in [7, 11) is 1.74. The van der Waals surface area contributed by atoms with Gasteiger partial charge in [0.1, 0.15) is 16.7 Å². The van der Waals surface area contributed by atoms with E-state index in [1.807, 2.05) is 6.92 Å². The highest BCUT2D eigenvalue weighted by molar-refractivity contribution is 7.80. The molecule has 1 amide bonds. The third kappa shape index (κ3) is 3.36. The lowest BCUT2D eigenvalue weighted by Crippen LogP contribution is -2.39. The van der Waals surface area contributed by atoms with Crippen LogP contribution in [0.5, 0.6) is 0 Å². The van der Waals surface area contributed by atoms with Crippen molar-refractivity contribution in [2.24, 2.45) is 5.73 Å². The van der Waals surface area contributed by atoms with E-state index >= 15 is 0 Å². The third-order valence-electron chi connectivity index (χ3n) is 2.51. The summed E-state index contributed by atoms with van der Waals surface area (Å²) >= 11 is 4.88. The number of carbonyl (C=O) groups is 1. The maximum atomic E-state index is 11.9. The molecule has 18 heavy (non-hydrogen) atoms. The van der Waals surface area contributed by atoms with E-state index in [9.17, 15) is 4.79 Å². The Bertz CT molecular complexity index is 451. The number of rotatable bonds is 5. The van der Waals surface area contributed by atoms with E-state index in [1.165, 1.54) is 12.4 Å². The first-order valence-electron chi connectivity index (χ1n) is 5.59. The van der Waals surface area contributed by atoms with Crippen molar-refractivity contribution in [2.75, 3.05) is 18.9 Å². The summed E-state index contributed by atoms with van der Waals surface area (Å²) in [6.07, 6.45) is 3.02. The molecule has 1 aromatic rings. The van der Waals surface area contributed by atoms with Gasteiger partial charge in [-0.05, 0) is 13.8 Å². The molecule has 0 aliphatic heterocycles. The predicted molar refractivity (Wildman–Crippen MR) is 74.3 cm³/mol. The molecule has 0 radical (unpaired) electrons. The summed E-state index contributed by atoms with van der Waals surface area (Å²) in [5.41, 5.74) is 5.94. The molecule has 1 heterocycles. The number of hydrogen-bond donors (Lipinski definition) is 2. The number of nitrogens with one attached hydrogen (secondary N) is 1. The third-order valence-corrected chi connectivity index (χ3v) is 2.70. The highest BCUT2D eigenvalue weighted by Crippen LogP contribution is 2.10. The van der Waals surface area contributed by atoms with Gasteiger partial charge in [-0.2, -0.15) is 0 Å². The largest absolute Gasteiger partial charge is 0.388 e. The van der Waals surface area contributed by atoms with Crippen LogP contribution in [0.1, 0.15) is 19.5 Å². The van der Waals surface area contributed by atoms with Crippen LogP contribution in [0.25, 0.3) is 0 Å². The number of nitrogens with two attached hydrogens (primary N) is 1. The molecule has 0 aromatic carbocycles. The Morgan fingerprint density at radius 1 is 1.56 bits per heavy atom. The average Bonchev–Trinajstić information content (AvgIpc) is 2.37. The van der Waals surface area contributed by atoms with Crippen LogP contribution in [0.2, 0.25) is 0 Å². The highest BCUT2D eigenvalue weighted by Gasteiger charge is 2.18. The standard InChI is InChI=1S/C11H17N5OS/c1-4-16(3)11(17)7(2)15-10-8(9(12)18)13-5-6-14-10/h5-7H,4H2,1-3H3,(H2,12,18)(H,14,15). The first-order chi connectivity index (χ1) is 8.47. The fraction of sp³-hybridized carbons (Fsp3) is 0.455. The molecule has 0 spiro atoms. The van der Waals surface area contributed by atoms with Gasteiger partial charge in [-0.15, -0.1) is 0 Å². The lowest BCUT2D eigenvalue weighted by atomic mass is 10.2. The van der Waals surface area contributed by atoms with Crippen LogP contribution < -0.4 is 11.1 Å². The molecule has 0 saturated heterocycles. The number of nitrogens with zero attached hydrogens (tertiary/aromatic N) is 3. The van der Waals surface area contributed by atoms with Crippen molar-refractivity contribution in [3.05, 3.63) is 18.1 Å². The van der Waals surface area contributed by atoms with Gasteiger partial charge >= 0.3 is 0 Å². The normalized spacial score (nSPS) is 11.7. The van der Waals surface area contributed by atoms with Gasteiger partial charge in [-0.25, -0.2) is 9.97 Å². The Morgan fingerprint density at radius 2 is 2.17 bits per heavy atom. The minimum Gasteiger partial charge on any atom is -0.388 e. The van der Waals surface area contributed by atoms with Gasteiger partial charge < -0.3 is 16.0 Å². The van der Waals surface area contributed by atoms with Crippen LogP contribution in [0.4, 0.5) is 5.82 Å². The van der Waals surface area contributed by atoms with Crippen molar-refractivity contribution in [3.63, 3.8) is 0 Å². The second-order valence-electron chi connectivity index (χ2n) is 3.84. The van der Waals surface area contributed by atoms with Crippen molar-refractivity contribution < 1.29 is 4.79 Å². The lowest BCUT2D eigenvalue weighted by molar-refractivity contribution is -0.130. The molecule has 6 nitrogen and oxygen atoms in total. The van der Waals surface area contributed by atoms with Gasteiger partial charge in [0.25, 0.3) is 0 Å². The molecule has 0 saturated carbocycles. The van der Waals surface area contributed by atoms with Crippen molar-refractivity contribution >= 4 is 28.9 Å². The van der Waals surface area contributed by atoms with Gasteiger partial charge in [-0.1, -0.05) is 12.2 Å². The molecule has 0 aliphatic rings. The summed E-state index contributed by atoms with van der Waals surface area (Å²) in [6, 6.07) is -0.417. The maximum absolute atomic E-state index is 11.9. The molecule has 0 aliphatic carbocycles. The average molecular weight is 267 g/mol. The number of amides is 1. The summed E-state index contributed by atoms with van der Waals surface area (Å²) < 4.78 is 0. The fourth-order valence-corrected chi connectivity index (χ4v) is 1.53. The minimum absolute atomic E-state index is 0.0305. The van der Waals surface area contributed by atoms with Gasteiger partial charge in [0.2, 0.25) is 5.91 Å². The number of carbonyl (C=O) groups excluding carboxylic acids is 1. The Morgan fingerprint density at radius 3 is 2.72 bits per heavy atom. The Hall–Kier alpha value is -1.76. The van der Waals surface area contributed by atoms with Crippen LogP contribution in [0.15, 0.2) is 12.4 Å². The minimum atomic E-state index is -0.417. The Kier molecular flexibility index (Phi) is 4.96. The van der Waals surface area contributed by atoms with E-state index in [-0.39, 0.29) is 10.9 Å². The molecular weight excluding hydrogens is 250 g/mol. The van der Waals surface area contributed by atoms with E-state index in [1.54, 1.807) is 18.9 Å². The number of anilines is 1. The van der Waals surface area contributed by atoms with E-state index in [0.29, 0.717) is 18.1 Å². The molecule has 0 bridgehead atoms. The molecule has 3 N–H and O–H groups in total. The Balaban J connectivity index is 2.85. The Labute approximate surface area is 112 Å². The van der Waals surface area contributed by atoms with Gasteiger partial charge in [-0.3, -0.25) is 4.79 Å². The molecule has 7 heteroatoms. The number of thiocarbonyl (C=S) groups is 1. The molecular formula is C11H17N5OS. The molecule has 1 atom stereocenters. The maximum Gasteiger partial charge on any atom is 0.244 e. The smallest absolute Gasteiger partial charge is 0.244 e. The van der Waals surface area contributed by atoms with Crippen LogP contribution in [0.3, 0.4) is 0 Å². The molecule has 0 fully saturated rings. The van der Waals surface area contributed by atoms with E-state index in [0.717, 1.165) is 0 Å². The zero-order valence-electron chi connectivity index (χ0n) is 10.7. The van der Waals surface area contributed by atoms with Crippen molar-refractivity contribution in [1.82, 2.24) is 14.9 Å². The van der Waals surface area contributed by atoms with Gasteiger partial charge in [0.15, 0.2) is 5.82 Å². The first kappa shape index (κ1) is 14.3. The number of hydrogen-bond acceptors (Lipinski definition) is 5. The monoisotopic (exact) mass is 267 g/mol. The summed E-state index contributed by atoms with van der Waals surface area (Å²) in [6.45, 7) is 4.31. The van der Waals surface area contributed by atoms with Crippen LogP contribution in [-0.2, 0) is 4.79 Å². The molecule has 98 valence electrons. The predicted octanol–water partition coefficient (Wildman–Crippen LogP) is 0.389. The summed E-state index contributed by atoms with van der Waals surface area (Å²) in [4.78, 5) is 21.8. The second kappa shape index (κ2) is 6.25. The fourth-order valence-electron chi connectivity index (χ4n) is 1.38. The van der Waals surface area contributed by atoms with Crippen molar-refractivity contribution in [1.29, 1.82) is 0 Å². The molecule has 1 rings (SSSR count). The van der Waals surface area contributed by atoms with Crippen LogP contribution in [-0.4, -0.2) is 45.4 Å². The van der Waals surface area contributed by atoms with E-state index < -0.39 is 6.04 Å². The van der Waals surface area contributed by atoms with Crippen LogP contribution >= 0.6 is 12.2 Å². The number of aromatic nitrogens is 2. The molecule has 1 unspecified atom stereocenters. The highest BCUT2D eigenvalue weighted by atomic mass is 32.1. The topological polar surface area (TPSA) is 84.1 Å².